The summed E-state index contributed by atoms with van der Waals surface area (Å²) in [5, 5.41) is 0. The molecule has 2 N–H and O–H groups in total. The van der Waals surface area contributed by atoms with Crippen LogP contribution < -0.4 is 5.73 Å². The Morgan fingerprint density at radius 3 is 2.55 bits per heavy atom. The molecule has 112 valence electrons. The van der Waals surface area contributed by atoms with Crippen molar-refractivity contribution in [2.75, 3.05) is 6.54 Å². The molecular weight excluding hydrogens is 279 g/mol. The third-order valence-corrected chi connectivity index (χ3v) is 6.22. The van der Waals surface area contributed by atoms with Gasteiger partial charge in [-0.05, 0) is 51.3 Å². The van der Waals surface area contributed by atoms with Crippen LogP contribution in [0.15, 0.2) is 17.0 Å². The SMILES string of the molecule is Cc1c(F)cc(CN)cc1S(=O)(=O)N1CCCC1(C)C. The van der Waals surface area contributed by atoms with Gasteiger partial charge in [0.1, 0.15) is 5.82 Å². The fourth-order valence-corrected chi connectivity index (χ4v) is 4.87. The highest BCUT2D eigenvalue weighted by Gasteiger charge is 2.41. The van der Waals surface area contributed by atoms with E-state index in [-0.39, 0.29) is 17.0 Å². The zero-order valence-corrected chi connectivity index (χ0v) is 12.9. The van der Waals surface area contributed by atoms with E-state index in [4.69, 9.17) is 5.73 Å². The smallest absolute Gasteiger partial charge is 0.243 e. The average molecular weight is 300 g/mol. The lowest BCUT2D eigenvalue weighted by molar-refractivity contribution is 0.291. The Hall–Kier alpha value is -0.980. The molecule has 2 rings (SSSR count). The van der Waals surface area contributed by atoms with Gasteiger partial charge < -0.3 is 5.73 Å². The summed E-state index contributed by atoms with van der Waals surface area (Å²) in [5.74, 6) is -0.525. The summed E-state index contributed by atoms with van der Waals surface area (Å²) >= 11 is 0. The largest absolute Gasteiger partial charge is 0.326 e. The van der Waals surface area contributed by atoms with Crippen LogP contribution in [0.2, 0.25) is 0 Å². The molecule has 0 spiro atoms. The van der Waals surface area contributed by atoms with Gasteiger partial charge in [0.2, 0.25) is 10.0 Å². The summed E-state index contributed by atoms with van der Waals surface area (Å²) in [6, 6.07) is 2.78. The lowest BCUT2D eigenvalue weighted by Gasteiger charge is -2.31. The molecule has 1 aromatic carbocycles. The van der Waals surface area contributed by atoms with E-state index in [1.165, 1.54) is 23.4 Å². The molecule has 0 bridgehead atoms. The van der Waals surface area contributed by atoms with Crippen molar-refractivity contribution < 1.29 is 12.8 Å². The molecule has 1 heterocycles. The standard InChI is InChI=1S/C14H21FN2O2S/c1-10-12(15)7-11(9-16)8-13(10)20(18,19)17-6-4-5-14(17,2)3/h7-8H,4-6,9,16H2,1-3H3. The van der Waals surface area contributed by atoms with E-state index in [0.29, 0.717) is 12.1 Å². The number of hydrogen-bond donors (Lipinski definition) is 1. The second-order valence-electron chi connectivity index (χ2n) is 5.90. The molecule has 1 aliphatic heterocycles. The van der Waals surface area contributed by atoms with Crippen molar-refractivity contribution in [2.45, 2.75) is 50.6 Å². The van der Waals surface area contributed by atoms with Gasteiger partial charge in [-0.3, -0.25) is 0 Å². The first kappa shape index (κ1) is 15.4. The molecule has 1 aliphatic rings. The van der Waals surface area contributed by atoms with E-state index < -0.39 is 21.4 Å². The first-order valence-corrected chi connectivity index (χ1v) is 8.16. The number of halogens is 1. The minimum absolute atomic E-state index is 0.0351. The monoisotopic (exact) mass is 300 g/mol. The fraction of sp³-hybridized carbons (Fsp3) is 0.571. The van der Waals surface area contributed by atoms with E-state index in [0.717, 1.165) is 12.8 Å². The Kier molecular flexibility index (Phi) is 3.92. The zero-order chi connectivity index (χ0) is 15.1. The predicted molar refractivity (Wildman–Crippen MR) is 76.2 cm³/mol. The van der Waals surface area contributed by atoms with Gasteiger partial charge in [0.15, 0.2) is 0 Å². The molecule has 4 nitrogen and oxygen atoms in total. The van der Waals surface area contributed by atoms with E-state index in [1.807, 2.05) is 13.8 Å². The quantitative estimate of drug-likeness (QED) is 0.930. The van der Waals surface area contributed by atoms with Crippen LogP contribution in [0.25, 0.3) is 0 Å². The molecule has 0 atom stereocenters. The number of nitrogens with zero attached hydrogens (tertiary/aromatic N) is 1. The number of nitrogens with two attached hydrogens (primary N) is 1. The van der Waals surface area contributed by atoms with Crippen LogP contribution >= 0.6 is 0 Å². The highest BCUT2D eigenvalue weighted by Crippen LogP contribution is 2.35. The van der Waals surface area contributed by atoms with Gasteiger partial charge >= 0.3 is 0 Å². The van der Waals surface area contributed by atoms with Gasteiger partial charge in [0.25, 0.3) is 0 Å². The van der Waals surface area contributed by atoms with Crippen molar-refractivity contribution in [1.82, 2.24) is 4.31 Å². The Bertz CT molecular complexity index is 626. The van der Waals surface area contributed by atoms with Crippen LogP contribution in [0, 0.1) is 12.7 Å². The molecular formula is C14H21FN2O2S. The zero-order valence-electron chi connectivity index (χ0n) is 12.1. The fourth-order valence-electron chi connectivity index (χ4n) is 2.74. The number of rotatable bonds is 3. The van der Waals surface area contributed by atoms with Gasteiger partial charge in [0, 0.05) is 24.2 Å². The molecule has 0 aromatic heterocycles. The molecule has 0 radical (unpaired) electrons. The van der Waals surface area contributed by atoms with Gasteiger partial charge in [-0.15, -0.1) is 0 Å². The maximum absolute atomic E-state index is 13.9. The van der Waals surface area contributed by atoms with Crippen molar-refractivity contribution >= 4 is 10.0 Å². The minimum Gasteiger partial charge on any atom is -0.326 e. The van der Waals surface area contributed by atoms with Crippen molar-refractivity contribution in [3.05, 3.63) is 29.1 Å². The average Bonchev–Trinajstić information content (AvgIpc) is 2.72. The third-order valence-electron chi connectivity index (χ3n) is 3.99. The molecule has 0 amide bonds. The summed E-state index contributed by atoms with van der Waals surface area (Å²) in [6.45, 7) is 5.88. The van der Waals surface area contributed by atoms with Crippen molar-refractivity contribution in [1.29, 1.82) is 0 Å². The Labute approximate surface area is 119 Å². The summed E-state index contributed by atoms with van der Waals surface area (Å²) in [6.07, 6.45) is 1.63. The maximum atomic E-state index is 13.9. The van der Waals surface area contributed by atoms with Gasteiger partial charge in [-0.1, -0.05) is 0 Å². The number of benzene rings is 1. The van der Waals surface area contributed by atoms with Crippen LogP contribution in [-0.2, 0) is 16.6 Å². The van der Waals surface area contributed by atoms with E-state index in [9.17, 15) is 12.8 Å². The molecule has 20 heavy (non-hydrogen) atoms. The summed E-state index contributed by atoms with van der Waals surface area (Å²) in [7, 11) is -3.69. The van der Waals surface area contributed by atoms with Crippen LogP contribution in [0.1, 0.15) is 37.8 Å². The first-order chi connectivity index (χ1) is 9.20. The molecule has 1 aromatic rings. The highest BCUT2D eigenvalue weighted by atomic mass is 32.2. The predicted octanol–water partition coefficient (Wildman–Crippen LogP) is 2.16. The van der Waals surface area contributed by atoms with E-state index in [2.05, 4.69) is 0 Å². The van der Waals surface area contributed by atoms with Gasteiger partial charge in [-0.2, -0.15) is 4.31 Å². The van der Waals surface area contributed by atoms with Crippen LogP contribution in [0.4, 0.5) is 4.39 Å². The minimum atomic E-state index is -3.69. The highest BCUT2D eigenvalue weighted by molar-refractivity contribution is 7.89. The Morgan fingerprint density at radius 1 is 1.40 bits per heavy atom. The summed E-state index contributed by atoms with van der Waals surface area (Å²) in [5.41, 5.74) is 5.73. The van der Waals surface area contributed by atoms with Crippen molar-refractivity contribution in [3.8, 4) is 0 Å². The molecule has 0 unspecified atom stereocenters. The van der Waals surface area contributed by atoms with Crippen molar-refractivity contribution in [3.63, 3.8) is 0 Å². The number of sulfonamides is 1. The van der Waals surface area contributed by atoms with Crippen LogP contribution in [-0.4, -0.2) is 24.8 Å². The molecule has 1 saturated heterocycles. The van der Waals surface area contributed by atoms with E-state index >= 15 is 0 Å². The normalized spacial score (nSPS) is 19.4. The van der Waals surface area contributed by atoms with Gasteiger partial charge in [-0.25, -0.2) is 12.8 Å². The molecule has 6 heteroatoms. The lowest BCUT2D eigenvalue weighted by atomic mass is 10.0. The molecule has 1 fully saturated rings. The summed E-state index contributed by atoms with van der Waals surface area (Å²) < 4.78 is 41.0. The van der Waals surface area contributed by atoms with Crippen LogP contribution in [0.3, 0.4) is 0 Å². The second-order valence-corrected chi connectivity index (χ2v) is 7.73. The maximum Gasteiger partial charge on any atom is 0.243 e. The lowest BCUT2D eigenvalue weighted by Crippen LogP contribution is -2.42. The van der Waals surface area contributed by atoms with Crippen molar-refractivity contribution in [2.24, 2.45) is 5.73 Å². The molecule has 0 saturated carbocycles. The Balaban J connectivity index is 2.58. The summed E-state index contributed by atoms with van der Waals surface area (Å²) in [4.78, 5) is 0.0351. The number of hydrogen-bond acceptors (Lipinski definition) is 3. The topological polar surface area (TPSA) is 63.4 Å². The van der Waals surface area contributed by atoms with Crippen LogP contribution in [0.5, 0.6) is 0 Å². The van der Waals surface area contributed by atoms with Gasteiger partial charge in [0.05, 0.1) is 4.90 Å². The Morgan fingerprint density at radius 2 is 2.05 bits per heavy atom. The first-order valence-electron chi connectivity index (χ1n) is 6.72. The molecule has 0 aliphatic carbocycles. The van der Waals surface area contributed by atoms with E-state index in [1.54, 1.807) is 0 Å². The third kappa shape index (κ3) is 2.47. The second kappa shape index (κ2) is 5.09.